The van der Waals surface area contributed by atoms with Gasteiger partial charge in [-0.05, 0) is 60.5 Å². The van der Waals surface area contributed by atoms with E-state index in [1.165, 1.54) is 36.7 Å². The number of thiophene rings is 1. The first-order chi connectivity index (χ1) is 16.0. The van der Waals surface area contributed by atoms with Gasteiger partial charge >= 0.3 is 6.18 Å². The molecule has 0 fully saturated rings. The Hall–Kier alpha value is -3.15. The summed E-state index contributed by atoms with van der Waals surface area (Å²) >= 11 is 1.53. The van der Waals surface area contributed by atoms with E-state index in [4.69, 9.17) is 9.47 Å². The molecule has 6 nitrogen and oxygen atoms in total. The molecule has 0 aliphatic heterocycles. The van der Waals surface area contributed by atoms with Gasteiger partial charge in [0.15, 0.2) is 5.78 Å². The molecule has 3 rings (SSSR count). The summed E-state index contributed by atoms with van der Waals surface area (Å²) in [5.41, 5.74) is 1.59. The maximum atomic E-state index is 12.6. The van der Waals surface area contributed by atoms with E-state index >= 15 is 0 Å². The third kappa shape index (κ3) is 6.25. The third-order valence-electron chi connectivity index (χ3n) is 4.60. The molecule has 0 aliphatic carbocycles. The quantitative estimate of drug-likeness (QED) is 0.262. The van der Waals surface area contributed by atoms with Crippen molar-refractivity contribution in [3.8, 4) is 21.9 Å². The van der Waals surface area contributed by atoms with E-state index in [0.717, 1.165) is 22.6 Å². The van der Waals surface area contributed by atoms with Crippen molar-refractivity contribution < 1.29 is 35.9 Å². The predicted molar refractivity (Wildman–Crippen MR) is 124 cm³/mol. The molecule has 180 valence electrons. The number of ether oxygens (including phenoxy) is 2. The number of allylic oxidation sites excluding steroid dienone is 1. The van der Waals surface area contributed by atoms with Gasteiger partial charge in [0.25, 0.3) is 0 Å². The van der Waals surface area contributed by atoms with Crippen LogP contribution in [0.3, 0.4) is 0 Å². The van der Waals surface area contributed by atoms with E-state index < -0.39 is 33.4 Å². The van der Waals surface area contributed by atoms with E-state index in [1.54, 1.807) is 19.3 Å². The number of carbonyl (C=O) groups is 1. The molecule has 0 N–H and O–H groups in total. The number of alkyl halides is 3. The molecule has 1 aromatic heterocycles. The van der Waals surface area contributed by atoms with E-state index in [0.29, 0.717) is 17.1 Å². The average Bonchev–Trinajstić information content (AvgIpc) is 3.35. The van der Waals surface area contributed by atoms with Crippen molar-refractivity contribution in [1.29, 1.82) is 0 Å². The predicted octanol–water partition coefficient (Wildman–Crippen LogP) is 5.95. The molecule has 11 heteroatoms. The fraction of sp³-hybridized carbons (Fsp3) is 0.174. The number of hydrogen-bond acceptors (Lipinski definition) is 6. The van der Waals surface area contributed by atoms with Crippen LogP contribution in [-0.4, -0.2) is 41.1 Å². The number of nitrogens with zero attached hydrogens (tertiary/aromatic N) is 1. The van der Waals surface area contributed by atoms with Gasteiger partial charge in [-0.25, -0.2) is 8.42 Å². The molecule has 0 radical (unpaired) electrons. The van der Waals surface area contributed by atoms with Crippen molar-refractivity contribution in [3.63, 3.8) is 0 Å². The summed E-state index contributed by atoms with van der Waals surface area (Å²) in [4.78, 5) is 13.1. The Morgan fingerprint density at radius 1 is 1.06 bits per heavy atom. The highest BCUT2D eigenvalue weighted by Gasteiger charge is 2.23. The molecule has 2 aromatic carbocycles. The largest absolute Gasteiger partial charge is 0.537 e. The van der Waals surface area contributed by atoms with Crippen molar-refractivity contribution in [1.82, 2.24) is 0 Å². The summed E-state index contributed by atoms with van der Waals surface area (Å²) in [5, 5.41) is 1.93. The summed E-state index contributed by atoms with van der Waals surface area (Å²) < 4.78 is 74.3. The van der Waals surface area contributed by atoms with Gasteiger partial charge in [0.1, 0.15) is 21.5 Å². The minimum atomic E-state index is -4.74. The van der Waals surface area contributed by atoms with Crippen LogP contribution in [0.5, 0.6) is 11.5 Å². The highest BCUT2D eigenvalue weighted by atomic mass is 32.2. The summed E-state index contributed by atoms with van der Waals surface area (Å²) in [6.07, 6.45) is -1.89. The van der Waals surface area contributed by atoms with Gasteiger partial charge < -0.3 is 14.2 Å². The molecular weight excluding hydrogens is 491 g/mol. The van der Waals surface area contributed by atoms with Crippen molar-refractivity contribution >= 4 is 33.2 Å². The van der Waals surface area contributed by atoms with Gasteiger partial charge in [-0.2, -0.15) is 13.2 Å². The first-order valence-corrected chi connectivity index (χ1v) is 12.0. The number of hydrogen-bond donors (Lipinski definition) is 0. The highest BCUT2D eigenvalue weighted by molar-refractivity contribution is 7.94. The number of rotatable bonds is 9. The van der Waals surface area contributed by atoms with Crippen molar-refractivity contribution in [2.75, 3.05) is 20.8 Å². The Balaban J connectivity index is 1.82. The zero-order valence-corrected chi connectivity index (χ0v) is 19.6. The molecule has 34 heavy (non-hydrogen) atoms. The van der Waals surface area contributed by atoms with Crippen LogP contribution in [0.25, 0.3) is 21.2 Å². The van der Waals surface area contributed by atoms with Gasteiger partial charge in [0.05, 0.1) is 14.2 Å². The molecular formula is C23H19F3NO5S2-. The van der Waals surface area contributed by atoms with Gasteiger partial charge in [-0.1, -0.05) is 6.07 Å². The molecule has 0 atom stereocenters. The highest BCUT2D eigenvalue weighted by Crippen LogP contribution is 2.38. The SMILES string of the molecule is COc1cc(OC)c(-c2cccs2)cc1/C=C/C(=O)c1ccc(S(=O)(=O)[N-]CC(F)(F)F)cc1. The zero-order valence-electron chi connectivity index (χ0n) is 18.0. The monoisotopic (exact) mass is 510 g/mol. The summed E-state index contributed by atoms with van der Waals surface area (Å²) in [5.74, 6) is 0.649. The number of sulfonamides is 1. The first kappa shape index (κ1) is 25.5. The first-order valence-electron chi connectivity index (χ1n) is 9.67. The molecule has 0 saturated heterocycles. The van der Waals surface area contributed by atoms with E-state index in [-0.39, 0.29) is 5.56 Å². The summed E-state index contributed by atoms with van der Waals surface area (Å²) in [6.45, 7) is -1.81. The molecule has 0 unspecified atom stereocenters. The Morgan fingerprint density at radius 3 is 2.29 bits per heavy atom. The molecule has 0 aliphatic rings. The van der Waals surface area contributed by atoms with E-state index in [9.17, 15) is 26.4 Å². The second kappa shape index (κ2) is 10.4. The molecule has 3 aromatic rings. The Morgan fingerprint density at radius 2 is 1.74 bits per heavy atom. The maximum absolute atomic E-state index is 12.6. The third-order valence-corrected chi connectivity index (χ3v) is 6.84. The molecule has 1 heterocycles. The number of methoxy groups -OCH3 is 2. The van der Waals surface area contributed by atoms with Crippen molar-refractivity contribution in [2.24, 2.45) is 0 Å². The van der Waals surface area contributed by atoms with Gasteiger partial charge in [-0.15, -0.1) is 11.3 Å². The van der Waals surface area contributed by atoms with Crippen LogP contribution >= 0.6 is 11.3 Å². The molecule has 0 spiro atoms. The summed E-state index contributed by atoms with van der Waals surface area (Å²) in [7, 11) is -1.45. The number of carbonyl (C=O) groups excluding carboxylic acids is 1. The van der Waals surface area contributed by atoms with Gasteiger partial charge in [0, 0.05) is 32.5 Å². The maximum Gasteiger partial charge on any atom is 0.371 e. The summed E-state index contributed by atoms with van der Waals surface area (Å²) in [6, 6.07) is 11.9. The van der Waals surface area contributed by atoms with Crippen LogP contribution in [0.2, 0.25) is 0 Å². The second-order valence-electron chi connectivity index (χ2n) is 6.87. The molecule has 0 bridgehead atoms. The zero-order chi connectivity index (χ0) is 24.9. The van der Waals surface area contributed by atoms with Crippen LogP contribution in [0.4, 0.5) is 13.2 Å². The lowest BCUT2D eigenvalue weighted by molar-refractivity contribution is -0.112. The van der Waals surface area contributed by atoms with Crippen LogP contribution < -0.4 is 9.47 Å². The van der Waals surface area contributed by atoms with Crippen molar-refractivity contribution in [3.05, 3.63) is 75.8 Å². The topological polar surface area (TPSA) is 83.8 Å². The number of ketones is 1. The number of benzene rings is 2. The van der Waals surface area contributed by atoms with Crippen LogP contribution in [0, 0.1) is 0 Å². The van der Waals surface area contributed by atoms with Crippen LogP contribution in [0.1, 0.15) is 15.9 Å². The van der Waals surface area contributed by atoms with Crippen LogP contribution in [0.15, 0.2) is 64.9 Å². The average molecular weight is 511 g/mol. The molecule has 0 saturated carbocycles. The van der Waals surface area contributed by atoms with Crippen molar-refractivity contribution in [2.45, 2.75) is 11.1 Å². The smallest absolute Gasteiger partial charge is 0.371 e. The fourth-order valence-corrected chi connectivity index (χ4v) is 4.66. The second-order valence-corrected chi connectivity index (χ2v) is 9.50. The molecule has 0 amide bonds. The Bertz CT molecular complexity index is 1280. The normalized spacial score (nSPS) is 12.1. The minimum absolute atomic E-state index is 0.150. The lowest BCUT2D eigenvalue weighted by Gasteiger charge is -2.21. The fourth-order valence-electron chi connectivity index (χ4n) is 2.96. The lowest BCUT2D eigenvalue weighted by atomic mass is 10.0. The van der Waals surface area contributed by atoms with Gasteiger partial charge in [0.2, 0.25) is 0 Å². The Kier molecular flexibility index (Phi) is 7.80. The Labute approximate surface area is 198 Å². The van der Waals surface area contributed by atoms with E-state index in [1.807, 2.05) is 23.6 Å². The number of halogens is 3. The van der Waals surface area contributed by atoms with E-state index in [2.05, 4.69) is 4.72 Å². The lowest BCUT2D eigenvalue weighted by Crippen LogP contribution is -2.16. The van der Waals surface area contributed by atoms with Crippen LogP contribution in [-0.2, 0) is 10.0 Å². The standard InChI is InChI=1S/C23H19F3NO5S2/c1-31-20-13-21(32-2)18(22-4-3-11-33-22)12-16(20)7-10-19(28)15-5-8-17(9-6-15)34(29,30)27-14-23(24,25)26/h3-13H,14H2,1-2H3/q-1/b10-7+. The minimum Gasteiger partial charge on any atom is -0.537 e. The van der Waals surface area contributed by atoms with Gasteiger partial charge in [-0.3, -0.25) is 4.79 Å².